The van der Waals surface area contributed by atoms with Crippen LogP contribution in [0.4, 0.5) is 4.39 Å². The first-order valence-electron chi connectivity index (χ1n) is 8.83. The van der Waals surface area contributed by atoms with Gasteiger partial charge in [-0.1, -0.05) is 12.1 Å². The molecule has 1 unspecified atom stereocenters. The predicted octanol–water partition coefficient (Wildman–Crippen LogP) is 2.23. The van der Waals surface area contributed by atoms with Gasteiger partial charge in [0, 0.05) is 12.6 Å². The second-order valence-electron chi connectivity index (χ2n) is 7.19. The number of carbonyl (C=O) groups is 2. The number of hydrogen-bond donors (Lipinski definition) is 2. The topological polar surface area (TPSA) is 75.4 Å². The maximum Gasteiger partial charge on any atom is 0.229 e. The molecule has 6 heteroatoms. The Balaban J connectivity index is 1.89. The first-order chi connectivity index (χ1) is 11.9. The molecule has 1 atom stereocenters. The first kappa shape index (κ1) is 19.4. The van der Waals surface area contributed by atoms with E-state index in [1.165, 1.54) is 6.07 Å². The van der Waals surface area contributed by atoms with Gasteiger partial charge >= 0.3 is 0 Å². The Morgan fingerprint density at radius 3 is 2.52 bits per heavy atom. The van der Waals surface area contributed by atoms with E-state index in [2.05, 4.69) is 10.2 Å². The third-order valence-corrected chi connectivity index (χ3v) is 5.01. The van der Waals surface area contributed by atoms with Gasteiger partial charge in [0.25, 0.3) is 0 Å². The SMILES string of the molecule is CN(C)C(c1cccc(F)c1)C1CCC(CNC(=O)CC(N)=O)CC1. The molecule has 1 saturated carbocycles. The van der Waals surface area contributed by atoms with Crippen molar-refractivity contribution in [2.24, 2.45) is 17.6 Å². The van der Waals surface area contributed by atoms with Crippen molar-refractivity contribution in [1.82, 2.24) is 10.2 Å². The summed E-state index contributed by atoms with van der Waals surface area (Å²) in [4.78, 5) is 24.4. The van der Waals surface area contributed by atoms with Gasteiger partial charge < -0.3 is 16.0 Å². The normalized spacial score (nSPS) is 21.8. The van der Waals surface area contributed by atoms with Gasteiger partial charge in [0.1, 0.15) is 12.2 Å². The van der Waals surface area contributed by atoms with Crippen molar-refractivity contribution in [2.45, 2.75) is 38.1 Å². The van der Waals surface area contributed by atoms with E-state index in [4.69, 9.17) is 5.73 Å². The zero-order valence-electron chi connectivity index (χ0n) is 15.0. The average Bonchev–Trinajstić information content (AvgIpc) is 2.53. The van der Waals surface area contributed by atoms with E-state index < -0.39 is 5.91 Å². The lowest BCUT2D eigenvalue weighted by Crippen LogP contribution is -2.35. The lowest BCUT2D eigenvalue weighted by atomic mass is 9.76. The Morgan fingerprint density at radius 2 is 1.96 bits per heavy atom. The Hall–Kier alpha value is -1.95. The summed E-state index contributed by atoms with van der Waals surface area (Å²) in [7, 11) is 4.07. The number of carbonyl (C=O) groups excluding carboxylic acids is 2. The Bertz CT molecular complexity index is 598. The van der Waals surface area contributed by atoms with Crippen LogP contribution in [0.5, 0.6) is 0 Å². The van der Waals surface area contributed by atoms with Crippen molar-refractivity contribution in [2.75, 3.05) is 20.6 Å². The summed E-state index contributed by atoms with van der Waals surface area (Å²) in [5, 5.41) is 2.79. The lowest BCUT2D eigenvalue weighted by molar-refractivity contribution is -0.127. The molecule has 2 amide bonds. The number of primary amides is 1. The summed E-state index contributed by atoms with van der Waals surface area (Å²) in [6, 6.07) is 7.05. The fourth-order valence-electron chi connectivity index (χ4n) is 3.87. The fraction of sp³-hybridized carbons (Fsp3) is 0.579. The maximum atomic E-state index is 13.6. The van der Waals surface area contributed by atoms with E-state index in [1.807, 2.05) is 20.2 Å². The highest BCUT2D eigenvalue weighted by Gasteiger charge is 2.30. The second-order valence-corrected chi connectivity index (χ2v) is 7.19. The van der Waals surface area contributed by atoms with Crippen molar-refractivity contribution in [3.63, 3.8) is 0 Å². The minimum absolute atomic E-state index is 0.195. The molecule has 0 radical (unpaired) electrons. The van der Waals surface area contributed by atoms with Crippen LogP contribution in [0.15, 0.2) is 24.3 Å². The van der Waals surface area contributed by atoms with Crippen molar-refractivity contribution in [3.05, 3.63) is 35.6 Å². The number of amides is 2. The van der Waals surface area contributed by atoms with Crippen molar-refractivity contribution < 1.29 is 14.0 Å². The van der Waals surface area contributed by atoms with Gasteiger partial charge in [-0.05, 0) is 69.3 Å². The molecule has 1 fully saturated rings. The predicted molar refractivity (Wildman–Crippen MR) is 95.1 cm³/mol. The Morgan fingerprint density at radius 1 is 1.28 bits per heavy atom. The zero-order chi connectivity index (χ0) is 18.4. The monoisotopic (exact) mass is 349 g/mol. The van der Waals surface area contributed by atoms with Crippen LogP contribution in [0, 0.1) is 17.7 Å². The molecular weight excluding hydrogens is 321 g/mol. The molecule has 138 valence electrons. The summed E-state index contributed by atoms with van der Waals surface area (Å²) < 4.78 is 13.6. The summed E-state index contributed by atoms with van der Waals surface area (Å²) in [5.41, 5.74) is 6.03. The van der Waals surface area contributed by atoms with E-state index >= 15 is 0 Å². The number of hydrogen-bond acceptors (Lipinski definition) is 3. The first-order valence-corrected chi connectivity index (χ1v) is 8.83. The zero-order valence-corrected chi connectivity index (χ0v) is 15.0. The van der Waals surface area contributed by atoms with Crippen molar-refractivity contribution in [3.8, 4) is 0 Å². The summed E-state index contributed by atoms with van der Waals surface area (Å²) in [6.07, 6.45) is 3.85. The van der Waals surface area contributed by atoms with Gasteiger partial charge in [-0.3, -0.25) is 9.59 Å². The number of rotatable bonds is 7. The molecule has 0 aliphatic heterocycles. The number of nitrogens with two attached hydrogens (primary N) is 1. The lowest BCUT2D eigenvalue weighted by Gasteiger charge is -2.37. The third kappa shape index (κ3) is 5.81. The molecule has 1 aromatic carbocycles. The van der Waals surface area contributed by atoms with Crippen LogP contribution >= 0.6 is 0 Å². The molecule has 0 aromatic heterocycles. The molecule has 2 rings (SSSR count). The number of nitrogens with zero attached hydrogens (tertiary/aromatic N) is 1. The molecule has 3 N–H and O–H groups in total. The number of halogens is 1. The second kappa shape index (κ2) is 8.94. The number of benzene rings is 1. The Kier molecular flexibility index (Phi) is 6.93. The molecule has 0 saturated heterocycles. The highest BCUT2D eigenvalue weighted by Crippen LogP contribution is 2.39. The van der Waals surface area contributed by atoms with Gasteiger partial charge in [-0.15, -0.1) is 0 Å². The number of nitrogens with one attached hydrogen (secondary N) is 1. The molecule has 1 aromatic rings. The van der Waals surface area contributed by atoms with Crippen LogP contribution in [0.25, 0.3) is 0 Å². The molecule has 0 spiro atoms. The fourth-order valence-corrected chi connectivity index (χ4v) is 3.87. The maximum absolute atomic E-state index is 13.6. The standard InChI is InChI=1S/C19H28FN3O2/c1-23(2)19(15-4-3-5-16(20)10-15)14-8-6-13(7-9-14)12-22-18(25)11-17(21)24/h3-5,10,13-14,19H,6-9,11-12H2,1-2H3,(H2,21,24)(H,22,25). The van der Waals surface area contributed by atoms with Gasteiger partial charge in [-0.2, -0.15) is 0 Å². The van der Waals surface area contributed by atoms with Crippen LogP contribution in [0.3, 0.4) is 0 Å². The quantitative estimate of drug-likeness (QED) is 0.741. The molecular formula is C19H28FN3O2. The van der Waals surface area contributed by atoms with Crippen LogP contribution in [-0.2, 0) is 9.59 Å². The molecule has 25 heavy (non-hydrogen) atoms. The van der Waals surface area contributed by atoms with Gasteiger partial charge in [-0.25, -0.2) is 4.39 Å². The van der Waals surface area contributed by atoms with Crippen molar-refractivity contribution in [1.29, 1.82) is 0 Å². The van der Waals surface area contributed by atoms with Crippen LogP contribution in [0.1, 0.15) is 43.7 Å². The van der Waals surface area contributed by atoms with Crippen LogP contribution < -0.4 is 11.1 Å². The minimum atomic E-state index is -0.606. The summed E-state index contributed by atoms with van der Waals surface area (Å²) >= 11 is 0. The van der Waals surface area contributed by atoms with Crippen LogP contribution in [-0.4, -0.2) is 37.4 Å². The van der Waals surface area contributed by atoms with Gasteiger partial charge in [0.2, 0.25) is 11.8 Å². The minimum Gasteiger partial charge on any atom is -0.369 e. The third-order valence-electron chi connectivity index (χ3n) is 5.01. The molecule has 1 aliphatic carbocycles. The summed E-state index contributed by atoms with van der Waals surface area (Å²) in [5.74, 6) is -0.223. The smallest absolute Gasteiger partial charge is 0.229 e. The highest BCUT2D eigenvalue weighted by atomic mass is 19.1. The Labute approximate surface area is 148 Å². The molecule has 0 bridgehead atoms. The van der Waals surface area contributed by atoms with Gasteiger partial charge in [0.05, 0.1) is 0 Å². The highest BCUT2D eigenvalue weighted by molar-refractivity contribution is 5.95. The molecule has 5 nitrogen and oxygen atoms in total. The van der Waals surface area contributed by atoms with Crippen molar-refractivity contribution >= 4 is 11.8 Å². The van der Waals surface area contributed by atoms with E-state index in [0.29, 0.717) is 18.4 Å². The average molecular weight is 349 g/mol. The largest absolute Gasteiger partial charge is 0.369 e. The van der Waals surface area contributed by atoms with E-state index in [0.717, 1.165) is 31.2 Å². The van der Waals surface area contributed by atoms with E-state index in [-0.39, 0.29) is 24.2 Å². The van der Waals surface area contributed by atoms with E-state index in [1.54, 1.807) is 12.1 Å². The summed E-state index contributed by atoms with van der Waals surface area (Å²) in [6.45, 7) is 0.589. The van der Waals surface area contributed by atoms with Gasteiger partial charge in [0.15, 0.2) is 0 Å². The molecule has 0 heterocycles. The van der Waals surface area contributed by atoms with Crippen LogP contribution in [0.2, 0.25) is 0 Å². The van der Waals surface area contributed by atoms with E-state index in [9.17, 15) is 14.0 Å². The molecule has 1 aliphatic rings.